The summed E-state index contributed by atoms with van der Waals surface area (Å²) in [4.78, 5) is 0. The predicted octanol–water partition coefficient (Wildman–Crippen LogP) is 16.9. The first-order chi connectivity index (χ1) is 27.3. The average molecular weight is 735 g/mol. The lowest BCUT2D eigenvalue weighted by Gasteiger charge is -2.19. The molecule has 6 rings (SSSR count). The van der Waals surface area contributed by atoms with Crippen LogP contribution in [0.3, 0.4) is 0 Å². The van der Waals surface area contributed by atoms with Gasteiger partial charge in [-0.25, -0.2) is 0 Å². The van der Waals surface area contributed by atoms with Gasteiger partial charge in [-0.1, -0.05) is 226 Å². The normalized spacial score (nSPS) is 11.8. The summed E-state index contributed by atoms with van der Waals surface area (Å²) in [7, 11) is 0. The van der Waals surface area contributed by atoms with Crippen molar-refractivity contribution in [3.8, 4) is 0 Å². The van der Waals surface area contributed by atoms with Gasteiger partial charge < -0.3 is 4.74 Å². The number of rotatable bonds is 26. The third-order valence-corrected chi connectivity index (χ3v) is 12.4. The zero-order valence-electron chi connectivity index (χ0n) is 34.6. The Morgan fingerprint density at radius 3 is 0.745 bits per heavy atom. The van der Waals surface area contributed by atoms with Crippen molar-refractivity contribution in [2.24, 2.45) is 0 Å². The molecule has 0 spiro atoms. The highest BCUT2D eigenvalue weighted by Crippen LogP contribution is 2.37. The maximum Gasteiger partial charge on any atom is 0.0733 e. The van der Waals surface area contributed by atoms with Crippen LogP contribution in [0.4, 0.5) is 0 Å². The van der Waals surface area contributed by atoms with Crippen LogP contribution in [0.2, 0.25) is 0 Å². The zero-order chi connectivity index (χ0) is 37.9. The van der Waals surface area contributed by atoms with E-state index in [1.54, 1.807) is 0 Å². The molecule has 0 bridgehead atoms. The predicted molar refractivity (Wildman–Crippen MR) is 242 cm³/mol. The summed E-state index contributed by atoms with van der Waals surface area (Å²) in [5.41, 5.74) is 5.68. The third-order valence-electron chi connectivity index (χ3n) is 12.4. The van der Waals surface area contributed by atoms with Gasteiger partial charge in [0.25, 0.3) is 0 Å². The second-order valence-corrected chi connectivity index (χ2v) is 16.5. The Labute approximate surface area is 334 Å². The maximum absolute atomic E-state index is 6.85. The maximum atomic E-state index is 6.85. The first-order valence-electron chi connectivity index (χ1n) is 22.7. The number of ether oxygens (including phenoxy) is 1. The lowest BCUT2D eigenvalue weighted by Crippen LogP contribution is -2.02. The molecular weight excluding hydrogens is 665 g/mol. The minimum absolute atomic E-state index is 0.600. The van der Waals surface area contributed by atoms with Crippen molar-refractivity contribution in [3.63, 3.8) is 0 Å². The van der Waals surface area contributed by atoms with Crippen LogP contribution < -0.4 is 0 Å². The van der Waals surface area contributed by atoms with Gasteiger partial charge in [0.1, 0.15) is 0 Å². The Morgan fingerprint density at radius 1 is 0.273 bits per heavy atom. The molecule has 0 amide bonds. The van der Waals surface area contributed by atoms with E-state index in [9.17, 15) is 0 Å². The van der Waals surface area contributed by atoms with Crippen LogP contribution in [0.1, 0.15) is 165 Å². The summed E-state index contributed by atoms with van der Waals surface area (Å²) in [5, 5.41) is 11.0. The SMILES string of the molecule is CCCCCCCCCCCCc1c2ccccc2c(COCc2c3ccccc3c(CCCCCCCCCCCC)c3ccccc23)c2ccccc12. The van der Waals surface area contributed by atoms with Gasteiger partial charge in [0.2, 0.25) is 0 Å². The third kappa shape index (κ3) is 11.2. The molecule has 0 saturated carbocycles. The average Bonchev–Trinajstić information content (AvgIpc) is 3.23. The Morgan fingerprint density at radius 2 is 0.491 bits per heavy atom. The molecule has 292 valence electrons. The summed E-state index contributed by atoms with van der Waals surface area (Å²) in [6, 6.07) is 36.4. The molecule has 0 fully saturated rings. The molecule has 1 heteroatoms. The van der Waals surface area contributed by atoms with E-state index in [0.717, 1.165) is 12.8 Å². The van der Waals surface area contributed by atoms with Crippen molar-refractivity contribution in [2.45, 2.75) is 168 Å². The lowest BCUT2D eigenvalue weighted by molar-refractivity contribution is 0.110. The number of benzene rings is 6. The van der Waals surface area contributed by atoms with Crippen LogP contribution in [0.15, 0.2) is 97.1 Å². The van der Waals surface area contributed by atoms with Crippen molar-refractivity contribution >= 4 is 43.1 Å². The van der Waals surface area contributed by atoms with Crippen molar-refractivity contribution in [1.29, 1.82) is 0 Å². The second-order valence-electron chi connectivity index (χ2n) is 16.5. The van der Waals surface area contributed by atoms with Crippen LogP contribution in [0.25, 0.3) is 43.1 Å². The van der Waals surface area contributed by atoms with E-state index in [1.165, 1.54) is 194 Å². The van der Waals surface area contributed by atoms with Crippen molar-refractivity contribution in [2.75, 3.05) is 0 Å². The van der Waals surface area contributed by atoms with Gasteiger partial charge >= 0.3 is 0 Å². The fraction of sp³-hybridized carbons (Fsp3) is 0.481. The quantitative estimate of drug-likeness (QED) is 0.0398. The van der Waals surface area contributed by atoms with Crippen molar-refractivity contribution in [3.05, 3.63) is 119 Å². The molecule has 0 aromatic heterocycles. The Balaban J connectivity index is 1.14. The van der Waals surface area contributed by atoms with Gasteiger partial charge in [-0.15, -0.1) is 0 Å². The van der Waals surface area contributed by atoms with E-state index in [1.807, 2.05) is 0 Å². The molecule has 6 aromatic carbocycles. The fourth-order valence-electron chi connectivity index (χ4n) is 9.30. The van der Waals surface area contributed by atoms with Gasteiger partial charge in [0, 0.05) is 0 Å². The fourth-order valence-corrected chi connectivity index (χ4v) is 9.30. The van der Waals surface area contributed by atoms with Crippen LogP contribution in [-0.2, 0) is 30.8 Å². The van der Waals surface area contributed by atoms with E-state index in [-0.39, 0.29) is 0 Å². The Hall–Kier alpha value is -3.68. The van der Waals surface area contributed by atoms with E-state index in [0.29, 0.717) is 13.2 Å². The molecule has 0 atom stereocenters. The largest absolute Gasteiger partial charge is 0.372 e. The summed E-state index contributed by atoms with van der Waals surface area (Å²) in [6.07, 6.45) is 29.7. The molecule has 0 aliphatic rings. The van der Waals surface area contributed by atoms with Gasteiger partial charge in [-0.3, -0.25) is 0 Å². The molecule has 0 N–H and O–H groups in total. The highest BCUT2D eigenvalue weighted by atomic mass is 16.5. The van der Waals surface area contributed by atoms with E-state index < -0.39 is 0 Å². The summed E-state index contributed by atoms with van der Waals surface area (Å²) < 4.78 is 6.85. The second kappa shape index (κ2) is 22.8. The van der Waals surface area contributed by atoms with Gasteiger partial charge in [0.15, 0.2) is 0 Å². The van der Waals surface area contributed by atoms with E-state index in [4.69, 9.17) is 4.74 Å². The topological polar surface area (TPSA) is 9.23 Å². The first-order valence-corrected chi connectivity index (χ1v) is 22.7. The standard InChI is InChI=1S/C54H70O/c1-3-5-7-9-11-13-15-17-19-21-31-43-45-33-23-27-37-49(45)53(50-38-28-24-34-46(43)50)41-55-42-54-51-39-29-25-35-47(51)44(48-36-26-30-40-52(48)54)32-22-20-18-16-14-12-10-8-6-4-2/h23-30,33-40H,3-22,31-32,41-42H2,1-2H3. The molecule has 0 heterocycles. The number of hydrogen-bond acceptors (Lipinski definition) is 1. The van der Waals surface area contributed by atoms with Crippen LogP contribution in [0.5, 0.6) is 0 Å². The number of aryl methyl sites for hydroxylation is 2. The number of unbranched alkanes of at least 4 members (excludes halogenated alkanes) is 18. The molecule has 0 aliphatic carbocycles. The molecule has 0 aliphatic heterocycles. The van der Waals surface area contributed by atoms with Crippen LogP contribution in [-0.4, -0.2) is 0 Å². The van der Waals surface area contributed by atoms with Crippen LogP contribution >= 0.6 is 0 Å². The Kier molecular flexibility index (Phi) is 17.0. The van der Waals surface area contributed by atoms with Crippen LogP contribution in [0, 0.1) is 0 Å². The minimum Gasteiger partial charge on any atom is -0.372 e. The summed E-state index contributed by atoms with van der Waals surface area (Å²) in [6.45, 7) is 5.80. The molecule has 0 radical (unpaired) electrons. The Bertz CT molecular complexity index is 1770. The molecule has 1 nitrogen and oxygen atoms in total. The van der Waals surface area contributed by atoms with Crippen molar-refractivity contribution < 1.29 is 4.74 Å². The molecular formula is C54H70O. The highest BCUT2D eigenvalue weighted by Gasteiger charge is 2.16. The van der Waals surface area contributed by atoms with Crippen molar-refractivity contribution in [1.82, 2.24) is 0 Å². The lowest BCUT2D eigenvalue weighted by atomic mass is 9.89. The number of hydrogen-bond donors (Lipinski definition) is 0. The van der Waals surface area contributed by atoms with E-state index in [2.05, 4.69) is 111 Å². The molecule has 6 aromatic rings. The molecule has 55 heavy (non-hydrogen) atoms. The van der Waals surface area contributed by atoms with Gasteiger partial charge in [-0.2, -0.15) is 0 Å². The van der Waals surface area contributed by atoms with E-state index >= 15 is 0 Å². The molecule has 0 unspecified atom stereocenters. The summed E-state index contributed by atoms with van der Waals surface area (Å²) >= 11 is 0. The van der Waals surface area contributed by atoms with Gasteiger partial charge in [0.05, 0.1) is 13.2 Å². The number of fused-ring (bicyclic) bond motifs is 4. The molecule has 0 saturated heterocycles. The first kappa shape index (κ1) is 41.0. The highest BCUT2D eigenvalue weighted by molar-refractivity contribution is 6.07. The monoisotopic (exact) mass is 735 g/mol. The smallest absolute Gasteiger partial charge is 0.0733 e. The zero-order valence-corrected chi connectivity index (χ0v) is 34.6. The van der Waals surface area contributed by atoms with Gasteiger partial charge in [-0.05, 0) is 91.0 Å². The summed E-state index contributed by atoms with van der Waals surface area (Å²) in [5.74, 6) is 0. The minimum atomic E-state index is 0.600.